The van der Waals surface area contributed by atoms with E-state index in [0.717, 1.165) is 67.2 Å². The molecule has 2 aromatic rings. The number of nitrogens with zero attached hydrogens (tertiary/aromatic N) is 5. The first-order chi connectivity index (χ1) is 12.2. The van der Waals surface area contributed by atoms with Crippen molar-refractivity contribution in [3.8, 4) is 5.69 Å². The summed E-state index contributed by atoms with van der Waals surface area (Å²) in [5.41, 5.74) is 2.11. The summed E-state index contributed by atoms with van der Waals surface area (Å²) >= 11 is 6.34. The standard InChI is InChI=1S/C19H26ClN5/c1-3-23-9-11-24(12-10-23)13-18-21-19(15-7-8-15)22-25(18)17-6-4-5-16(20)14(17)2/h4-6,15H,3,7-13H2,1-2H3. The van der Waals surface area contributed by atoms with Crippen LogP contribution in [0.5, 0.6) is 0 Å². The van der Waals surface area contributed by atoms with Gasteiger partial charge in [-0.15, -0.1) is 0 Å². The molecule has 0 bridgehead atoms. The maximum absolute atomic E-state index is 6.34. The third-order valence-electron chi connectivity index (χ3n) is 5.38. The molecule has 1 aromatic carbocycles. The van der Waals surface area contributed by atoms with Crippen LogP contribution in [-0.4, -0.2) is 57.3 Å². The highest BCUT2D eigenvalue weighted by Crippen LogP contribution is 2.38. The van der Waals surface area contributed by atoms with Crippen molar-refractivity contribution in [2.24, 2.45) is 0 Å². The number of piperazine rings is 1. The third kappa shape index (κ3) is 3.59. The van der Waals surface area contributed by atoms with Crippen LogP contribution in [0.3, 0.4) is 0 Å². The van der Waals surface area contributed by atoms with Gasteiger partial charge in [0.15, 0.2) is 5.82 Å². The zero-order valence-corrected chi connectivity index (χ0v) is 15.8. The highest BCUT2D eigenvalue weighted by molar-refractivity contribution is 6.31. The van der Waals surface area contributed by atoms with Crippen LogP contribution in [0.25, 0.3) is 5.69 Å². The minimum absolute atomic E-state index is 0.552. The summed E-state index contributed by atoms with van der Waals surface area (Å²) in [6.07, 6.45) is 2.43. The minimum atomic E-state index is 0.552. The molecule has 134 valence electrons. The Balaban J connectivity index is 1.61. The molecule has 25 heavy (non-hydrogen) atoms. The van der Waals surface area contributed by atoms with Crippen molar-refractivity contribution in [2.45, 2.75) is 39.2 Å². The first-order valence-corrected chi connectivity index (χ1v) is 9.69. The molecule has 1 saturated carbocycles. The summed E-state index contributed by atoms with van der Waals surface area (Å²) in [7, 11) is 0. The molecule has 0 unspecified atom stereocenters. The van der Waals surface area contributed by atoms with Crippen LogP contribution in [0.2, 0.25) is 5.02 Å². The van der Waals surface area contributed by atoms with Crippen molar-refractivity contribution >= 4 is 11.6 Å². The SMILES string of the molecule is CCN1CCN(Cc2nc(C3CC3)nn2-c2cccc(Cl)c2C)CC1. The number of rotatable bonds is 5. The molecule has 0 radical (unpaired) electrons. The van der Waals surface area contributed by atoms with Crippen LogP contribution < -0.4 is 0 Å². The molecular weight excluding hydrogens is 334 g/mol. The van der Waals surface area contributed by atoms with Crippen molar-refractivity contribution in [3.63, 3.8) is 0 Å². The number of benzene rings is 1. The van der Waals surface area contributed by atoms with Crippen LogP contribution in [0.4, 0.5) is 0 Å². The average molecular weight is 360 g/mol. The summed E-state index contributed by atoms with van der Waals surface area (Å²) in [5, 5.41) is 5.63. The Labute approximate surface area is 154 Å². The largest absolute Gasteiger partial charge is 0.301 e. The lowest BCUT2D eigenvalue weighted by molar-refractivity contribution is 0.129. The Morgan fingerprint density at radius 3 is 2.52 bits per heavy atom. The fourth-order valence-electron chi connectivity index (χ4n) is 3.46. The maximum Gasteiger partial charge on any atom is 0.154 e. The molecule has 0 N–H and O–H groups in total. The van der Waals surface area contributed by atoms with E-state index in [9.17, 15) is 0 Å². The predicted molar refractivity (Wildman–Crippen MR) is 100 cm³/mol. The van der Waals surface area contributed by atoms with Crippen LogP contribution in [0.15, 0.2) is 18.2 Å². The van der Waals surface area contributed by atoms with Gasteiger partial charge in [0, 0.05) is 37.1 Å². The monoisotopic (exact) mass is 359 g/mol. The molecule has 4 rings (SSSR count). The molecule has 0 amide bonds. The first kappa shape index (κ1) is 17.0. The Bertz CT molecular complexity index is 744. The van der Waals surface area contributed by atoms with Gasteiger partial charge in [-0.05, 0) is 44.0 Å². The van der Waals surface area contributed by atoms with Crippen molar-refractivity contribution in [2.75, 3.05) is 32.7 Å². The van der Waals surface area contributed by atoms with Gasteiger partial charge in [0.2, 0.25) is 0 Å². The molecule has 0 spiro atoms. The molecule has 1 aromatic heterocycles. The fourth-order valence-corrected chi connectivity index (χ4v) is 3.63. The van der Waals surface area contributed by atoms with E-state index < -0.39 is 0 Å². The van der Waals surface area contributed by atoms with Crippen LogP contribution in [0.1, 0.15) is 42.9 Å². The lowest BCUT2D eigenvalue weighted by Gasteiger charge is -2.33. The van der Waals surface area contributed by atoms with Crippen molar-refractivity contribution < 1.29 is 0 Å². The number of likely N-dealkylation sites (N-methyl/N-ethyl adjacent to an activating group) is 1. The van der Waals surface area contributed by atoms with E-state index in [-0.39, 0.29) is 0 Å². The topological polar surface area (TPSA) is 37.2 Å². The van der Waals surface area contributed by atoms with Gasteiger partial charge < -0.3 is 4.90 Å². The molecule has 0 atom stereocenters. The van der Waals surface area contributed by atoms with E-state index in [2.05, 4.69) is 29.7 Å². The van der Waals surface area contributed by atoms with Gasteiger partial charge in [-0.1, -0.05) is 24.6 Å². The number of hydrogen-bond donors (Lipinski definition) is 0. The van der Waals surface area contributed by atoms with Gasteiger partial charge in [-0.25, -0.2) is 9.67 Å². The molecule has 1 aliphatic carbocycles. The maximum atomic E-state index is 6.34. The first-order valence-electron chi connectivity index (χ1n) is 9.31. The van der Waals surface area contributed by atoms with Gasteiger partial charge in [0.25, 0.3) is 0 Å². The smallest absolute Gasteiger partial charge is 0.154 e. The zero-order chi connectivity index (χ0) is 17.4. The fraction of sp³-hybridized carbons (Fsp3) is 0.579. The zero-order valence-electron chi connectivity index (χ0n) is 15.1. The highest BCUT2D eigenvalue weighted by Gasteiger charge is 2.30. The summed E-state index contributed by atoms with van der Waals surface area (Å²) in [4.78, 5) is 9.89. The second-order valence-corrected chi connectivity index (χ2v) is 7.57. The third-order valence-corrected chi connectivity index (χ3v) is 5.79. The van der Waals surface area contributed by atoms with Gasteiger partial charge in [0.05, 0.1) is 12.2 Å². The summed E-state index contributed by atoms with van der Waals surface area (Å²) < 4.78 is 2.03. The number of hydrogen-bond acceptors (Lipinski definition) is 4. The molecule has 1 saturated heterocycles. The minimum Gasteiger partial charge on any atom is -0.301 e. The second kappa shape index (κ2) is 7.06. The van der Waals surface area contributed by atoms with E-state index in [4.69, 9.17) is 21.7 Å². The molecule has 6 heteroatoms. The summed E-state index contributed by atoms with van der Waals surface area (Å²) in [6.45, 7) is 10.7. The van der Waals surface area contributed by atoms with E-state index in [1.54, 1.807) is 0 Å². The Hall–Kier alpha value is -1.43. The van der Waals surface area contributed by atoms with E-state index >= 15 is 0 Å². The Morgan fingerprint density at radius 1 is 1.12 bits per heavy atom. The van der Waals surface area contributed by atoms with Gasteiger partial charge >= 0.3 is 0 Å². The van der Waals surface area contributed by atoms with Crippen molar-refractivity contribution in [1.82, 2.24) is 24.6 Å². The summed E-state index contributed by atoms with van der Waals surface area (Å²) in [5.74, 6) is 2.59. The molecule has 1 aliphatic heterocycles. The van der Waals surface area contributed by atoms with E-state index in [1.807, 2.05) is 16.8 Å². The van der Waals surface area contributed by atoms with Crippen molar-refractivity contribution in [1.29, 1.82) is 0 Å². The molecule has 5 nitrogen and oxygen atoms in total. The lowest BCUT2D eigenvalue weighted by atomic mass is 10.2. The number of aromatic nitrogens is 3. The van der Waals surface area contributed by atoms with E-state index in [0.29, 0.717) is 5.92 Å². The molecular formula is C19H26ClN5. The quantitative estimate of drug-likeness (QED) is 0.821. The number of halogens is 1. The predicted octanol–water partition coefficient (Wildman–Crippen LogP) is 3.24. The normalized spacial score (nSPS) is 19.5. The molecule has 2 heterocycles. The average Bonchev–Trinajstić information content (AvgIpc) is 3.40. The van der Waals surface area contributed by atoms with Gasteiger partial charge in [0.1, 0.15) is 5.82 Å². The Kier molecular flexibility index (Phi) is 4.80. The van der Waals surface area contributed by atoms with Crippen molar-refractivity contribution in [3.05, 3.63) is 40.4 Å². The van der Waals surface area contributed by atoms with Crippen LogP contribution in [-0.2, 0) is 6.54 Å². The lowest BCUT2D eigenvalue weighted by Crippen LogP contribution is -2.45. The highest BCUT2D eigenvalue weighted by atomic mass is 35.5. The summed E-state index contributed by atoms with van der Waals surface area (Å²) in [6, 6.07) is 6.01. The van der Waals surface area contributed by atoms with Crippen LogP contribution in [0, 0.1) is 6.92 Å². The molecule has 2 aliphatic rings. The van der Waals surface area contributed by atoms with Crippen LogP contribution >= 0.6 is 11.6 Å². The molecule has 2 fully saturated rings. The second-order valence-electron chi connectivity index (χ2n) is 7.17. The van der Waals surface area contributed by atoms with E-state index in [1.165, 1.54) is 12.8 Å². The van der Waals surface area contributed by atoms with Gasteiger partial charge in [-0.3, -0.25) is 4.90 Å². The van der Waals surface area contributed by atoms with Gasteiger partial charge in [-0.2, -0.15) is 5.10 Å². The Morgan fingerprint density at radius 2 is 1.84 bits per heavy atom.